The van der Waals surface area contributed by atoms with Crippen LogP contribution in [-0.2, 0) is 0 Å². The highest BCUT2D eigenvalue weighted by molar-refractivity contribution is 6.02. The first-order chi connectivity index (χ1) is 8.81. The largest absolute Gasteiger partial charge is 0.329 e. The quantitative estimate of drug-likeness (QED) is 0.672. The summed E-state index contributed by atoms with van der Waals surface area (Å²) in [7, 11) is 0. The van der Waals surface area contributed by atoms with Crippen molar-refractivity contribution >= 4 is 21.5 Å². The van der Waals surface area contributed by atoms with Crippen molar-refractivity contribution in [2.24, 2.45) is 11.5 Å². The number of fused-ring (bicyclic) bond motifs is 2. The second kappa shape index (κ2) is 4.41. The Morgan fingerprint density at radius 2 is 1.33 bits per heavy atom. The van der Waals surface area contributed by atoms with Gasteiger partial charge in [-0.2, -0.15) is 0 Å². The molecule has 0 saturated carbocycles. The highest BCUT2D eigenvalue weighted by Crippen LogP contribution is 2.31. The van der Waals surface area contributed by atoms with Crippen LogP contribution in [0.1, 0.15) is 11.6 Å². The van der Waals surface area contributed by atoms with Crippen molar-refractivity contribution in [1.82, 2.24) is 0 Å². The Morgan fingerprint density at radius 1 is 0.833 bits per heavy atom. The third-order valence-corrected chi connectivity index (χ3v) is 3.44. The summed E-state index contributed by atoms with van der Waals surface area (Å²) in [6.07, 6.45) is 0. The molecule has 3 aromatic rings. The van der Waals surface area contributed by atoms with E-state index >= 15 is 0 Å². The summed E-state index contributed by atoms with van der Waals surface area (Å²) in [5.74, 6) is 0. The van der Waals surface area contributed by atoms with Crippen LogP contribution in [0.15, 0.2) is 54.6 Å². The third-order valence-electron chi connectivity index (χ3n) is 3.44. The molecule has 90 valence electrons. The maximum absolute atomic E-state index is 6.20. The molecule has 0 saturated heterocycles. The molecule has 0 aromatic heterocycles. The van der Waals surface area contributed by atoms with E-state index in [4.69, 9.17) is 11.5 Å². The summed E-state index contributed by atoms with van der Waals surface area (Å²) in [5.41, 5.74) is 13.1. The van der Waals surface area contributed by atoms with E-state index in [1.807, 2.05) is 12.1 Å². The van der Waals surface area contributed by atoms with Gasteiger partial charge in [-0.25, -0.2) is 0 Å². The first-order valence-electron chi connectivity index (χ1n) is 6.17. The van der Waals surface area contributed by atoms with Gasteiger partial charge in [0, 0.05) is 12.6 Å². The van der Waals surface area contributed by atoms with Gasteiger partial charge in [0.2, 0.25) is 0 Å². The smallest absolute Gasteiger partial charge is 0.0431 e. The predicted molar refractivity (Wildman–Crippen MR) is 77.4 cm³/mol. The van der Waals surface area contributed by atoms with Crippen LogP contribution in [0.4, 0.5) is 0 Å². The Balaban J connectivity index is 2.49. The van der Waals surface area contributed by atoms with E-state index in [1.165, 1.54) is 21.5 Å². The number of hydrogen-bond donors (Lipinski definition) is 2. The Morgan fingerprint density at radius 3 is 1.83 bits per heavy atom. The number of nitrogens with two attached hydrogens (primary N) is 2. The zero-order valence-corrected chi connectivity index (χ0v) is 10.1. The molecule has 0 aliphatic heterocycles. The molecule has 2 heteroatoms. The molecule has 0 radical (unpaired) electrons. The van der Waals surface area contributed by atoms with Gasteiger partial charge in [-0.3, -0.25) is 0 Å². The SMILES string of the molecule is NC[C@H](N)c1c2ccccc2cc2ccccc12. The average Bonchev–Trinajstić information content (AvgIpc) is 2.44. The van der Waals surface area contributed by atoms with Crippen LogP contribution in [-0.4, -0.2) is 6.54 Å². The molecule has 3 rings (SSSR count). The second-order valence-corrected chi connectivity index (χ2v) is 4.57. The van der Waals surface area contributed by atoms with Crippen LogP contribution >= 0.6 is 0 Å². The summed E-state index contributed by atoms with van der Waals surface area (Å²) in [6.45, 7) is 0.456. The summed E-state index contributed by atoms with van der Waals surface area (Å²) in [5, 5.41) is 4.84. The monoisotopic (exact) mass is 236 g/mol. The van der Waals surface area contributed by atoms with Gasteiger partial charge in [0.1, 0.15) is 0 Å². The highest BCUT2D eigenvalue weighted by Gasteiger charge is 2.12. The molecule has 0 heterocycles. The molecule has 18 heavy (non-hydrogen) atoms. The van der Waals surface area contributed by atoms with Crippen molar-refractivity contribution in [3.63, 3.8) is 0 Å². The van der Waals surface area contributed by atoms with E-state index in [0.717, 1.165) is 5.56 Å². The lowest BCUT2D eigenvalue weighted by Gasteiger charge is -2.16. The fraction of sp³-hybridized carbons (Fsp3) is 0.125. The van der Waals surface area contributed by atoms with Gasteiger partial charge in [-0.05, 0) is 33.2 Å². The number of benzene rings is 3. The summed E-state index contributed by atoms with van der Waals surface area (Å²) < 4.78 is 0. The average molecular weight is 236 g/mol. The Kier molecular flexibility index (Phi) is 2.74. The lowest BCUT2D eigenvalue weighted by molar-refractivity contribution is 0.749. The Labute approximate surface area is 106 Å². The second-order valence-electron chi connectivity index (χ2n) is 4.57. The van der Waals surface area contributed by atoms with E-state index in [9.17, 15) is 0 Å². The van der Waals surface area contributed by atoms with Crippen LogP contribution in [0.25, 0.3) is 21.5 Å². The van der Waals surface area contributed by atoms with Crippen LogP contribution in [0, 0.1) is 0 Å². The van der Waals surface area contributed by atoms with Crippen LogP contribution in [0.2, 0.25) is 0 Å². The van der Waals surface area contributed by atoms with Crippen LogP contribution in [0.5, 0.6) is 0 Å². The van der Waals surface area contributed by atoms with Crippen molar-refractivity contribution in [3.8, 4) is 0 Å². The number of hydrogen-bond acceptors (Lipinski definition) is 2. The highest BCUT2D eigenvalue weighted by atomic mass is 14.7. The topological polar surface area (TPSA) is 52.0 Å². The summed E-state index contributed by atoms with van der Waals surface area (Å²) in [6, 6.07) is 18.7. The minimum Gasteiger partial charge on any atom is -0.329 e. The molecule has 0 bridgehead atoms. The fourth-order valence-electron chi connectivity index (χ4n) is 2.57. The van der Waals surface area contributed by atoms with E-state index in [2.05, 4.69) is 42.5 Å². The fourth-order valence-corrected chi connectivity index (χ4v) is 2.57. The van der Waals surface area contributed by atoms with Gasteiger partial charge >= 0.3 is 0 Å². The minimum absolute atomic E-state index is 0.124. The van der Waals surface area contributed by atoms with Gasteiger partial charge in [0.15, 0.2) is 0 Å². The van der Waals surface area contributed by atoms with Gasteiger partial charge in [0.25, 0.3) is 0 Å². The van der Waals surface area contributed by atoms with Gasteiger partial charge in [-0.15, -0.1) is 0 Å². The summed E-state index contributed by atoms with van der Waals surface area (Å²) >= 11 is 0. The molecule has 0 fully saturated rings. The normalized spacial score (nSPS) is 13.0. The Hall–Kier alpha value is -1.90. The lowest BCUT2D eigenvalue weighted by Crippen LogP contribution is -2.21. The molecule has 3 aromatic carbocycles. The molecule has 0 spiro atoms. The maximum atomic E-state index is 6.20. The molecule has 2 nitrogen and oxygen atoms in total. The molecule has 0 aliphatic rings. The van der Waals surface area contributed by atoms with Crippen molar-refractivity contribution < 1.29 is 0 Å². The standard InChI is InChI=1S/C16H16N2/c17-10-15(18)16-13-7-3-1-5-11(13)9-12-6-2-4-8-14(12)16/h1-9,15H,10,17-18H2/t15-/m0/s1. The first-order valence-corrected chi connectivity index (χ1v) is 6.17. The van der Waals surface area contributed by atoms with E-state index in [-0.39, 0.29) is 6.04 Å². The van der Waals surface area contributed by atoms with Crippen molar-refractivity contribution in [2.45, 2.75) is 6.04 Å². The number of rotatable bonds is 2. The molecule has 0 unspecified atom stereocenters. The maximum Gasteiger partial charge on any atom is 0.0431 e. The zero-order valence-electron chi connectivity index (χ0n) is 10.1. The molecule has 0 amide bonds. The van der Waals surface area contributed by atoms with Gasteiger partial charge in [-0.1, -0.05) is 48.5 Å². The van der Waals surface area contributed by atoms with Crippen molar-refractivity contribution in [2.75, 3.05) is 6.54 Å². The summed E-state index contributed by atoms with van der Waals surface area (Å²) in [4.78, 5) is 0. The van der Waals surface area contributed by atoms with E-state index < -0.39 is 0 Å². The first kappa shape index (κ1) is 11.2. The van der Waals surface area contributed by atoms with Crippen LogP contribution in [0.3, 0.4) is 0 Å². The van der Waals surface area contributed by atoms with Crippen molar-refractivity contribution in [3.05, 3.63) is 60.2 Å². The molecule has 4 N–H and O–H groups in total. The lowest BCUT2D eigenvalue weighted by atomic mass is 9.92. The molecule has 0 aliphatic carbocycles. The van der Waals surface area contributed by atoms with Crippen molar-refractivity contribution in [1.29, 1.82) is 0 Å². The molecular weight excluding hydrogens is 220 g/mol. The van der Waals surface area contributed by atoms with Gasteiger partial charge < -0.3 is 11.5 Å². The Bertz CT molecular complexity index is 650. The van der Waals surface area contributed by atoms with Gasteiger partial charge in [0.05, 0.1) is 0 Å². The minimum atomic E-state index is -0.124. The predicted octanol–water partition coefficient (Wildman–Crippen LogP) is 2.95. The van der Waals surface area contributed by atoms with E-state index in [1.54, 1.807) is 0 Å². The molecular formula is C16H16N2. The molecule has 1 atom stereocenters. The third kappa shape index (κ3) is 1.67. The van der Waals surface area contributed by atoms with E-state index in [0.29, 0.717) is 6.54 Å². The van der Waals surface area contributed by atoms with Crippen LogP contribution < -0.4 is 11.5 Å². The zero-order chi connectivity index (χ0) is 12.5.